The molecule has 0 aromatic rings. The molecule has 0 fully saturated rings. The molecule has 8 nitrogen and oxygen atoms in total. The van der Waals surface area contributed by atoms with Crippen LogP contribution in [0.1, 0.15) is 142 Å². The number of aliphatic carboxylic acids is 1. The van der Waals surface area contributed by atoms with Crippen LogP contribution in [-0.4, -0.2) is 80.6 Å². The van der Waals surface area contributed by atoms with E-state index in [1.165, 1.54) is 103 Å². The molecule has 2 unspecified atom stereocenters. The van der Waals surface area contributed by atoms with Crippen LogP contribution in [0.3, 0.4) is 0 Å². The Balaban J connectivity index is 3.85. The predicted octanol–water partition coefficient (Wildman–Crippen LogP) is 7.46. The maximum Gasteiger partial charge on any atom is 0.362 e. The lowest BCUT2D eigenvalue weighted by atomic mass is 10.0. The van der Waals surface area contributed by atoms with E-state index in [4.69, 9.17) is 14.2 Å². The number of esters is 2. The number of ether oxygens (including phenoxy) is 3. The molecular weight excluding hydrogens is 522 g/mol. The Morgan fingerprint density at radius 3 is 1.51 bits per heavy atom. The maximum atomic E-state index is 12.3. The van der Waals surface area contributed by atoms with Crippen LogP contribution in [0.4, 0.5) is 0 Å². The molecule has 0 aliphatic rings. The summed E-state index contributed by atoms with van der Waals surface area (Å²) >= 11 is 0. The van der Waals surface area contributed by atoms with E-state index in [1.54, 1.807) is 0 Å². The van der Waals surface area contributed by atoms with Gasteiger partial charge in [-0.25, -0.2) is 4.79 Å². The third-order valence-electron chi connectivity index (χ3n) is 7.56. The summed E-state index contributed by atoms with van der Waals surface area (Å²) in [7, 11) is 5.47. The zero-order chi connectivity index (χ0) is 30.8. The van der Waals surface area contributed by atoms with E-state index in [2.05, 4.69) is 6.92 Å². The van der Waals surface area contributed by atoms with E-state index in [0.717, 1.165) is 19.3 Å². The summed E-state index contributed by atoms with van der Waals surface area (Å²) in [6, 6.07) is -0.603. The molecule has 2 atom stereocenters. The Morgan fingerprint density at radius 2 is 1.12 bits per heavy atom. The maximum absolute atomic E-state index is 12.3. The van der Waals surface area contributed by atoms with Gasteiger partial charge in [-0.05, 0) is 6.42 Å². The zero-order valence-corrected chi connectivity index (χ0v) is 27.3. The highest BCUT2D eigenvalue weighted by Crippen LogP contribution is 2.15. The number of likely N-dealkylation sites (N-methyl/N-ethyl adjacent to an activating group) is 1. The van der Waals surface area contributed by atoms with Crippen LogP contribution in [0.5, 0.6) is 0 Å². The first-order valence-corrected chi connectivity index (χ1v) is 16.5. The van der Waals surface area contributed by atoms with Gasteiger partial charge in [0.25, 0.3) is 0 Å². The third kappa shape index (κ3) is 25.7. The second-order valence-electron chi connectivity index (χ2n) is 12.5. The second kappa shape index (κ2) is 26.0. The predicted molar refractivity (Wildman–Crippen MR) is 165 cm³/mol. The van der Waals surface area contributed by atoms with Crippen molar-refractivity contribution in [2.24, 2.45) is 0 Å². The number of hydrogen-bond acceptors (Lipinski definition) is 6. The topological polar surface area (TPSA) is 99.1 Å². The fourth-order valence-electron chi connectivity index (χ4n) is 4.99. The number of rotatable bonds is 29. The van der Waals surface area contributed by atoms with Crippen molar-refractivity contribution in [2.75, 3.05) is 41.0 Å². The monoisotopic (exact) mass is 586 g/mol. The molecule has 1 N–H and O–H groups in total. The fraction of sp³-hybridized carbons (Fsp3) is 0.909. The molecular formula is C33H64NO7+. The van der Waals surface area contributed by atoms with Crippen molar-refractivity contribution < 1.29 is 38.2 Å². The minimum Gasteiger partial charge on any atom is -0.477 e. The van der Waals surface area contributed by atoms with Crippen LogP contribution in [0.2, 0.25) is 0 Å². The Hall–Kier alpha value is -1.67. The quantitative estimate of drug-likeness (QED) is 0.0552. The summed E-state index contributed by atoms with van der Waals surface area (Å²) in [6.45, 7) is 3.77. The van der Waals surface area contributed by atoms with Crippen LogP contribution in [0.25, 0.3) is 0 Å². The molecule has 0 heterocycles. The van der Waals surface area contributed by atoms with Gasteiger partial charge in [0.2, 0.25) is 0 Å². The Labute approximate surface area is 251 Å². The van der Waals surface area contributed by atoms with Gasteiger partial charge in [-0.15, -0.1) is 0 Å². The zero-order valence-electron chi connectivity index (χ0n) is 27.3. The molecule has 0 saturated heterocycles. The highest BCUT2D eigenvalue weighted by atomic mass is 16.6. The van der Waals surface area contributed by atoms with Crippen molar-refractivity contribution >= 4 is 17.9 Å². The van der Waals surface area contributed by atoms with Gasteiger partial charge in [0, 0.05) is 19.8 Å². The molecule has 242 valence electrons. The summed E-state index contributed by atoms with van der Waals surface area (Å²) in [5.74, 6) is -1.66. The Bertz CT molecular complexity index is 662. The normalized spacial score (nSPS) is 13.1. The Morgan fingerprint density at radius 1 is 0.683 bits per heavy atom. The summed E-state index contributed by atoms with van der Waals surface area (Å²) in [5, 5.41) is 9.43. The van der Waals surface area contributed by atoms with Crippen LogP contribution in [0.15, 0.2) is 0 Å². The minimum atomic E-state index is -0.881. The number of unbranched alkanes of at least 4 members (excludes halogenated alkanes) is 17. The van der Waals surface area contributed by atoms with E-state index in [0.29, 0.717) is 12.8 Å². The lowest BCUT2D eigenvalue weighted by molar-refractivity contribution is -0.887. The van der Waals surface area contributed by atoms with Gasteiger partial charge in [0.1, 0.15) is 6.61 Å². The van der Waals surface area contributed by atoms with Crippen molar-refractivity contribution in [3.63, 3.8) is 0 Å². The first kappa shape index (κ1) is 39.3. The van der Waals surface area contributed by atoms with Crippen molar-refractivity contribution in [2.45, 2.75) is 154 Å². The molecule has 0 aliphatic carbocycles. The third-order valence-corrected chi connectivity index (χ3v) is 7.56. The first-order valence-electron chi connectivity index (χ1n) is 16.5. The summed E-state index contributed by atoms with van der Waals surface area (Å²) in [4.78, 5) is 35.1. The van der Waals surface area contributed by atoms with Crippen molar-refractivity contribution in [1.82, 2.24) is 0 Å². The van der Waals surface area contributed by atoms with Gasteiger partial charge in [0.15, 0.2) is 12.1 Å². The number of carbonyl (C=O) groups excluding carboxylic acids is 2. The first-order chi connectivity index (χ1) is 19.6. The lowest BCUT2D eigenvalue weighted by Gasteiger charge is -2.31. The van der Waals surface area contributed by atoms with Crippen molar-refractivity contribution in [3.8, 4) is 0 Å². The SMILES string of the molecule is CCCCCCCCCCCCCCCCCCCCC(=O)OC(COCCC(C(=O)O)[N+](C)(C)C)COC(C)=O. The van der Waals surface area contributed by atoms with Gasteiger partial charge >= 0.3 is 17.9 Å². The molecule has 0 bridgehead atoms. The number of carboxylic acids is 1. The Kier molecular flexibility index (Phi) is 24.9. The smallest absolute Gasteiger partial charge is 0.362 e. The van der Waals surface area contributed by atoms with Crippen molar-refractivity contribution in [1.29, 1.82) is 0 Å². The molecule has 41 heavy (non-hydrogen) atoms. The van der Waals surface area contributed by atoms with Crippen molar-refractivity contribution in [3.05, 3.63) is 0 Å². The summed E-state index contributed by atoms with van der Waals surface area (Å²) in [5.41, 5.74) is 0. The average molecular weight is 587 g/mol. The molecule has 0 saturated carbocycles. The fourth-order valence-corrected chi connectivity index (χ4v) is 4.99. The molecule has 0 amide bonds. The van der Waals surface area contributed by atoms with Gasteiger partial charge in [0.05, 0.1) is 34.4 Å². The van der Waals surface area contributed by atoms with Gasteiger partial charge in [-0.1, -0.05) is 116 Å². The molecule has 0 rings (SSSR count). The van der Waals surface area contributed by atoms with E-state index in [9.17, 15) is 19.5 Å². The molecule has 0 aromatic carbocycles. The average Bonchev–Trinajstić information content (AvgIpc) is 2.89. The van der Waals surface area contributed by atoms with Gasteiger partial charge in [-0.3, -0.25) is 9.59 Å². The number of carbonyl (C=O) groups is 3. The van der Waals surface area contributed by atoms with Crippen LogP contribution >= 0.6 is 0 Å². The number of hydrogen-bond donors (Lipinski definition) is 1. The van der Waals surface area contributed by atoms with E-state index in [-0.39, 0.29) is 30.3 Å². The molecule has 0 spiro atoms. The highest BCUT2D eigenvalue weighted by molar-refractivity contribution is 5.72. The molecule has 0 radical (unpaired) electrons. The number of carboxylic acid groups (broad SMARTS) is 1. The van der Waals surface area contributed by atoms with E-state index < -0.39 is 24.1 Å². The van der Waals surface area contributed by atoms with Gasteiger partial charge in [-0.2, -0.15) is 0 Å². The minimum absolute atomic E-state index is 0.0572. The number of nitrogens with zero attached hydrogens (tertiary/aromatic N) is 1. The van der Waals surface area contributed by atoms with Gasteiger partial charge < -0.3 is 23.8 Å². The summed E-state index contributed by atoms with van der Waals surface area (Å²) < 4.78 is 16.4. The second-order valence-corrected chi connectivity index (χ2v) is 12.5. The van der Waals surface area contributed by atoms with E-state index in [1.807, 2.05) is 21.1 Å². The van der Waals surface area contributed by atoms with E-state index >= 15 is 0 Å². The standard InChI is InChI=1S/C33H63NO7/c1-6-7-8-9-10-11-12-13-14-15-16-17-18-19-20-21-22-23-24-32(36)41-30(28-40-29(2)35)27-39-26-25-31(33(37)38)34(3,4)5/h30-31H,6-28H2,1-5H3/p+1. The molecule has 0 aromatic heterocycles. The summed E-state index contributed by atoms with van der Waals surface area (Å²) in [6.07, 6.45) is 23.3. The highest BCUT2D eigenvalue weighted by Gasteiger charge is 2.31. The number of quaternary nitrogens is 1. The molecule has 0 aliphatic heterocycles. The van der Waals surface area contributed by atoms with Crippen LogP contribution in [-0.2, 0) is 28.6 Å². The largest absolute Gasteiger partial charge is 0.477 e. The lowest BCUT2D eigenvalue weighted by Crippen LogP contribution is -2.50. The van der Waals surface area contributed by atoms with Crippen LogP contribution in [0, 0.1) is 0 Å². The molecule has 8 heteroatoms. The van der Waals surface area contributed by atoms with Crippen LogP contribution < -0.4 is 0 Å².